The Bertz CT molecular complexity index is 1160. The molecule has 0 bridgehead atoms. The van der Waals surface area contributed by atoms with Gasteiger partial charge in [-0.25, -0.2) is 9.78 Å². The number of amides is 1. The number of aromatic nitrogens is 2. The second-order valence-corrected chi connectivity index (χ2v) is 7.73. The van der Waals surface area contributed by atoms with E-state index >= 15 is 0 Å². The molecule has 2 aromatic heterocycles. The van der Waals surface area contributed by atoms with Crippen LogP contribution in [0.1, 0.15) is 40.9 Å². The van der Waals surface area contributed by atoms with Crippen LogP contribution in [-0.2, 0) is 22.0 Å². The number of carbonyl (C=O) groups excluding carboxylic acids is 2. The van der Waals surface area contributed by atoms with E-state index in [1.54, 1.807) is 6.92 Å². The largest absolute Gasteiger partial charge is 0.452 e. The Labute approximate surface area is 172 Å². The Morgan fingerprint density at radius 2 is 2.00 bits per heavy atom. The second kappa shape index (κ2) is 7.78. The number of hydrogen-bond donors (Lipinski definition) is 1. The molecular weight excluding hydrogens is 386 g/mol. The van der Waals surface area contributed by atoms with Crippen molar-refractivity contribution >= 4 is 23.0 Å². The average molecular weight is 409 g/mol. The molecule has 1 fully saturated rings. The number of hydrogen-bond acceptors (Lipinski definition) is 6. The molecule has 2 heterocycles. The van der Waals surface area contributed by atoms with Crippen LogP contribution in [0.3, 0.4) is 0 Å². The molecule has 3 aromatic rings. The zero-order chi connectivity index (χ0) is 21.3. The Hall–Kier alpha value is -3.42. The van der Waals surface area contributed by atoms with Gasteiger partial charge in [-0.05, 0) is 25.3 Å². The van der Waals surface area contributed by atoms with Crippen LogP contribution in [0.4, 0.5) is 0 Å². The molecule has 1 aromatic carbocycles. The minimum absolute atomic E-state index is 0.00579. The van der Waals surface area contributed by atoms with Crippen LogP contribution in [-0.4, -0.2) is 34.6 Å². The SMILES string of the molecule is Cc1oc2ncn(C)c(=O)c2c1C(=O)OCC(=O)NCC1(c2ccccc2)CCC1. The van der Waals surface area contributed by atoms with Gasteiger partial charge in [0.05, 0.1) is 0 Å². The highest BCUT2D eigenvalue weighted by molar-refractivity contribution is 6.03. The first kappa shape index (κ1) is 19.9. The molecule has 0 saturated heterocycles. The molecule has 4 rings (SSSR count). The zero-order valence-corrected chi connectivity index (χ0v) is 16.9. The maximum atomic E-state index is 12.6. The third-order valence-electron chi connectivity index (χ3n) is 5.81. The van der Waals surface area contributed by atoms with Crippen molar-refractivity contribution in [2.24, 2.45) is 7.05 Å². The van der Waals surface area contributed by atoms with Crippen LogP contribution in [0.2, 0.25) is 0 Å². The van der Waals surface area contributed by atoms with E-state index in [2.05, 4.69) is 22.4 Å². The molecule has 1 saturated carbocycles. The highest BCUT2D eigenvalue weighted by Gasteiger charge is 2.38. The standard InChI is InChI=1S/C22H23N3O5/c1-14-17(18-19(30-14)24-13-25(2)20(18)27)21(28)29-11-16(26)23-12-22(9-6-10-22)15-7-4-3-5-8-15/h3-5,7-8,13H,6,9-12H2,1-2H3,(H,23,26). The van der Waals surface area contributed by atoms with E-state index in [1.807, 2.05) is 18.2 Å². The number of ether oxygens (including phenoxy) is 1. The van der Waals surface area contributed by atoms with Crippen LogP contribution in [0.25, 0.3) is 11.1 Å². The fourth-order valence-electron chi connectivity index (χ4n) is 3.92. The number of nitrogens with one attached hydrogen (secondary N) is 1. The molecule has 0 atom stereocenters. The van der Waals surface area contributed by atoms with Crippen molar-refractivity contribution in [1.29, 1.82) is 0 Å². The molecule has 1 aliphatic rings. The summed E-state index contributed by atoms with van der Waals surface area (Å²) in [4.78, 5) is 41.3. The van der Waals surface area contributed by atoms with Gasteiger partial charge in [-0.3, -0.25) is 9.59 Å². The van der Waals surface area contributed by atoms with Crippen LogP contribution < -0.4 is 10.9 Å². The summed E-state index contributed by atoms with van der Waals surface area (Å²) in [6.07, 6.45) is 4.45. The molecule has 1 aliphatic carbocycles. The lowest BCUT2D eigenvalue weighted by atomic mass is 9.64. The van der Waals surface area contributed by atoms with E-state index in [-0.39, 0.29) is 33.7 Å². The van der Waals surface area contributed by atoms with Crippen LogP contribution >= 0.6 is 0 Å². The lowest BCUT2D eigenvalue weighted by Gasteiger charge is -2.42. The molecule has 0 spiro atoms. The Balaban J connectivity index is 1.41. The molecule has 0 aliphatic heterocycles. The average Bonchev–Trinajstić information content (AvgIpc) is 3.06. The fraction of sp³-hybridized carbons (Fsp3) is 0.364. The highest BCUT2D eigenvalue weighted by Crippen LogP contribution is 2.43. The van der Waals surface area contributed by atoms with Crippen molar-refractivity contribution < 1.29 is 18.7 Å². The normalized spacial score (nSPS) is 14.9. The first-order valence-electron chi connectivity index (χ1n) is 9.85. The van der Waals surface area contributed by atoms with Crippen molar-refractivity contribution in [2.75, 3.05) is 13.2 Å². The number of furan rings is 1. The number of carbonyl (C=O) groups is 2. The Morgan fingerprint density at radius 3 is 2.67 bits per heavy atom. The minimum Gasteiger partial charge on any atom is -0.452 e. The molecule has 30 heavy (non-hydrogen) atoms. The summed E-state index contributed by atoms with van der Waals surface area (Å²) >= 11 is 0. The van der Waals surface area contributed by atoms with Gasteiger partial charge in [0.25, 0.3) is 11.5 Å². The second-order valence-electron chi connectivity index (χ2n) is 7.73. The fourth-order valence-corrected chi connectivity index (χ4v) is 3.92. The van der Waals surface area contributed by atoms with E-state index in [0.717, 1.165) is 19.3 Å². The predicted molar refractivity (Wildman–Crippen MR) is 109 cm³/mol. The summed E-state index contributed by atoms with van der Waals surface area (Å²) in [6.45, 7) is 1.61. The van der Waals surface area contributed by atoms with Gasteiger partial charge in [0, 0.05) is 19.0 Å². The number of fused-ring (bicyclic) bond motifs is 1. The smallest absolute Gasteiger partial charge is 0.343 e. The maximum Gasteiger partial charge on any atom is 0.343 e. The lowest BCUT2D eigenvalue weighted by Crippen LogP contribution is -2.46. The molecule has 8 nitrogen and oxygen atoms in total. The molecule has 1 amide bonds. The van der Waals surface area contributed by atoms with Gasteiger partial charge in [0.1, 0.15) is 23.0 Å². The number of aryl methyl sites for hydroxylation is 2. The van der Waals surface area contributed by atoms with E-state index in [0.29, 0.717) is 6.54 Å². The number of nitrogens with zero attached hydrogens (tertiary/aromatic N) is 2. The maximum absolute atomic E-state index is 12.6. The first-order valence-corrected chi connectivity index (χ1v) is 9.85. The zero-order valence-electron chi connectivity index (χ0n) is 16.9. The lowest BCUT2D eigenvalue weighted by molar-refractivity contribution is -0.124. The van der Waals surface area contributed by atoms with Crippen LogP contribution in [0.5, 0.6) is 0 Å². The third-order valence-corrected chi connectivity index (χ3v) is 5.81. The van der Waals surface area contributed by atoms with Gasteiger partial charge in [0.2, 0.25) is 5.71 Å². The predicted octanol–water partition coefficient (Wildman–Crippen LogP) is 2.23. The summed E-state index contributed by atoms with van der Waals surface area (Å²) in [5.74, 6) is -0.946. The van der Waals surface area contributed by atoms with Crippen LogP contribution in [0.15, 0.2) is 45.9 Å². The van der Waals surface area contributed by atoms with Gasteiger partial charge in [-0.1, -0.05) is 36.8 Å². The van der Waals surface area contributed by atoms with Gasteiger partial charge in [-0.2, -0.15) is 0 Å². The highest BCUT2D eigenvalue weighted by atomic mass is 16.5. The summed E-state index contributed by atoms with van der Waals surface area (Å²) in [6, 6.07) is 10.1. The van der Waals surface area contributed by atoms with Gasteiger partial charge in [0.15, 0.2) is 6.61 Å². The molecular formula is C22H23N3O5. The van der Waals surface area contributed by atoms with Gasteiger partial charge in [-0.15, -0.1) is 0 Å². The quantitative estimate of drug-likeness (QED) is 0.626. The van der Waals surface area contributed by atoms with Gasteiger partial charge < -0.3 is 19.0 Å². The molecule has 0 unspecified atom stereocenters. The van der Waals surface area contributed by atoms with Crippen LogP contribution in [0, 0.1) is 6.92 Å². The summed E-state index contributed by atoms with van der Waals surface area (Å²) in [5.41, 5.74) is 0.810. The molecule has 1 N–H and O–H groups in total. The minimum atomic E-state index is -0.784. The summed E-state index contributed by atoms with van der Waals surface area (Å²) in [5, 5.41) is 2.93. The number of esters is 1. The van der Waals surface area contributed by atoms with E-state index in [9.17, 15) is 14.4 Å². The van der Waals surface area contributed by atoms with Crippen molar-refractivity contribution in [3.63, 3.8) is 0 Å². The molecule has 0 radical (unpaired) electrons. The van der Waals surface area contributed by atoms with Gasteiger partial charge >= 0.3 is 5.97 Å². The summed E-state index contributed by atoms with van der Waals surface area (Å²) < 4.78 is 11.8. The third kappa shape index (κ3) is 3.49. The topological polar surface area (TPSA) is 103 Å². The van der Waals surface area contributed by atoms with Crippen molar-refractivity contribution in [1.82, 2.24) is 14.9 Å². The van der Waals surface area contributed by atoms with E-state index in [4.69, 9.17) is 9.15 Å². The Morgan fingerprint density at radius 1 is 1.27 bits per heavy atom. The molecule has 156 valence electrons. The van der Waals surface area contributed by atoms with Crippen molar-refractivity contribution in [3.05, 3.63) is 63.9 Å². The van der Waals surface area contributed by atoms with Crippen molar-refractivity contribution in [3.8, 4) is 0 Å². The Kier molecular flexibility index (Phi) is 5.15. The first-order chi connectivity index (χ1) is 14.4. The number of benzene rings is 1. The monoisotopic (exact) mass is 409 g/mol. The van der Waals surface area contributed by atoms with E-state index < -0.39 is 18.1 Å². The number of rotatable bonds is 6. The molecule has 8 heteroatoms. The summed E-state index contributed by atoms with van der Waals surface area (Å²) in [7, 11) is 1.53. The van der Waals surface area contributed by atoms with Crippen molar-refractivity contribution in [2.45, 2.75) is 31.6 Å². The van der Waals surface area contributed by atoms with E-state index in [1.165, 1.54) is 23.5 Å².